The minimum Gasteiger partial charge on any atom is -0.330 e. The molecule has 2 unspecified atom stereocenters. The summed E-state index contributed by atoms with van der Waals surface area (Å²) in [6, 6.07) is 0.516. The van der Waals surface area contributed by atoms with E-state index in [2.05, 4.69) is 25.9 Å². The summed E-state index contributed by atoms with van der Waals surface area (Å²) >= 11 is 0. The van der Waals surface area contributed by atoms with Crippen LogP contribution in [-0.4, -0.2) is 33.2 Å². The van der Waals surface area contributed by atoms with E-state index in [4.69, 9.17) is 5.73 Å². The first-order chi connectivity index (χ1) is 7.40. The predicted molar refractivity (Wildman–Crippen MR) is 55.8 cm³/mol. The molecule has 0 radical (unpaired) electrons. The van der Waals surface area contributed by atoms with Gasteiger partial charge < -0.3 is 11.1 Å². The van der Waals surface area contributed by atoms with Gasteiger partial charge in [-0.15, -0.1) is 10.2 Å². The van der Waals surface area contributed by atoms with Crippen LogP contribution in [0.1, 0.15) is 31.5 Å². The molecule has 1 aromatic heterocycles. The van der Waals surface area contributed by atoms with Crippen molar-refractivity contribution in [2.24, 2.45) is 11.7 Å². The second kappa shape index (κ2) is 5.18. The molecule has 2 rings (SSSR count). The normalized spacial score (nSPS) is 26.7. The van der Waals surface area contributed by atoms with Crippen LogP contribution in [0.3, 0.4) is 0 Å². The van der Waals surface area contributed by atoms with Crippen LogP contribution >= 0.6 is 0 Å². The molecule has 1 saturated carbocycles. The van der Waals surface area contributed by atoms with Gasteiger partial charge in [-0.2, -0.15) is 5.21 Å². The number of H-pyrrole nitrogens is 1. The number of nitrogens with one attached hydrogen (secondary N) is 2. The fraction of sp³-hybridized carbons (Fsp3) is 0.889. The fourth-order valence-electron chi connectivity index (χ4n) is 2.24. The molecular weight excluding hydrogens is 192 g/mol. The van der Waals surface area contributed by atoms with E-state index in [1.807, 2.05) is 0 Å². The Balaban J connectivity index is 1.81. The monoisotopic (exact) mass is 210 g/mol. The molecule has 1 fully saturated rings. The van der Waals surface area contributed by atoms with E-state index in [1.165, 1.54) is 25.7 Å². The van der Waals surface area contributed by atoms with Crippen LogP contribution in [0.25, 0.3) is 0 Å². The van der Waals surface area contributed by atoms with Gasteiger partial charge in [0.05, 0.1) is 6.54 Å². The summed E-state index contributed by atoms with van der Waals surface area (Å²) in [4.78, 5) is 0. The van der Waals surface area contributed by atoms with E-state index in [-0.39, 0.29) is 0 Å². The Morgan fingerprint density at radius 2 is 2.27 bits per heavy atom. The molecule has 2 atom stereocenters. The molecule has 1 aromatic rings. The highest BCUT2D eigenvalue weighted by Crippen LogP contribution is 2.23. The first-order valence-corrected chi connectivity index (χ1v) is 5.56. The van der Waals surface area contributed by atoms with E-state index >= 15 is 0 Å². The Labute approximate surface area is 89.0 Å². The highest BCUT2D eigenvalue weighted by molar-refractivity contribution is 4.84. The summed E-state index contributed by atoms with van der Waals surface area (Å²) in [5.41, 5.74) is 5.75. The maximum atomic E-state index is 5.75. The van der Waals surface area contributed by atoms with Crippen LogP contribution in [0.5, 0.6) is 0 Å². The summed E-state index contributed by atoms with van der Waals surface area (Å²) in [6.07, 6.45) is 5.04. The number of aromatic nitrogens is 4. The van der Waals surface area contributed by atoms with E-state index in [0.29, 0.717) is 18.5 Å². The van der Waals surface area contributed by atoms with Gasteiger partial charge in [-0.05, 0) is 25.3 Å². The van der Waals surface area contributed by atoms with Crippen LogP contribution < -0.4 is 11.1 Å². The molecule has 0 saturated heterocycles. The van der Waals surface area contributed by atoms with Gasteiger partial charge in [0.15, 0.2) is 5.82 Å². The Hall–Kier alpha value is -1.01. The Morgan fingerprint density at radius 3 is 3.00 bits per heavy atom. The first-order valence-electron chi connectivity index (χ1n) is 5.56. The highest BCUT2D eigenvalue weighted by atomic mass is 15.5. The Bertz CT molecular complexity index is 272. The van der Waals surface area contributed by atoms with Gasteiger partial charge in [0.25, 0.3) is 0 Å². The molecule has 6 heteroatoms. The number of tetrazole rings is 1. The number of nitrogens with zero attached hydrogens (tertiary/aromatic N) is 3. The molecule has 0 spiro atoms. The van der Waals surface area contributed by atoms with E-state index in [1.54, 1.807) is 0 Å². The average molecular weight is 210 g/mol. The summed E-state index contributed by atoms with van der Waals surface area (Å²) in [5, 5.41) is 17.3. The van der Waals surface area contributed by atoms with Crippen molar-refractivity contribution in [3.05, 3.63) is 5.82 Å². The molecule has 1 heterocycles. The highest BCUT2D eigenvalue weighted by Gasteiger charge is 2.23. The smallest absolute Gasteiger partial charge is 0.188 e. The summed E-state index contributed by atoms with van der Waals surface area (Å²) in [7, 11) is 0. The Morgan fingerprint density at radius 1 is 1.40 bits per heavy atom. The molecule has 1 aliphatic rings. The third kappa shape index (κ3) is 2.73. The van der Waals surface area contributed by atoms with Gasteiger partial charge in [0.1, 0.15) is 0 Å². The summed E-state index contributed by atoms with van der Waals surface area (Å²) < 4.78 is 0. The minimum absolute atomic E-state index is 0.516. The molecule has 1 aliphatic carbocycles. The van der Waals surface area contributed by atoms with Crippen molar-refractivity contribution in [3.63, 3.8) is 0 Å². The zero-order valence-electron chi connectivity index (χ0n) is 8.82. The van der Waals surface area contributed by atoms with Gasteiger partial charge in [-0.3, -0.25) is 0 Å². The predicted octanol–water partition coefficient (Wildman–Crippen LogP) is -0.193. The SMILES string of the molecule is NCC1CCCCC1NCc1nn[nH]n1. The van der Waals surface area contributed by atoms with E-state index in [9.17, 15) is 0 Å². The Kier molecular flexibility index (Phi) is 3.63. The molecule has 4 N–H and O–H groups in total. The average Bonchev–Trinajstić information content (AvgIpc) is 2.79. The fourth-order valence-corrected chi connectivity index (χ4v) is 2.24. The van der Waals surface area contributed by atoms with Crippen molar-refractivity contribution in [2.45, 2.75) is 38.3 Å². The molecule has 15 heavy (non-hydrogen) atoms. The van der Waals surface area contributed by atoms with Crippen molar-refractivity contribution >= 4 is 0 Å². The lowest BCUT2D eigenvalue weighted by molar-refractivity contribution is 0.265. The molecule has 0 amide bonds. The van der Waals surface area contributed by atoms with Gasteiger partial charge in [0, 0.05) is 6.04 Å². The maximum Gasteiger partial charge on any atom is 0.188 e. The molecule has 84 valence electrons. The lowest BCUT2D eigenvalue weighted by Gasteiger charge is -2.31. The van der Waals surface area contributed by atoms with Crippen LogP contribution in [0.4, 0.5) is 0 Å². The van der Waals surface area contributed by atoms with Gasteiger partial charge in [-0.25, -0.2) is 0 Å². The zero-order valence-corrected chi connectivity index (χ0v) is 8.82. The number of hydrogen-bond donors (Lipinski definition) is 3. The standard InChI is InChI=1S/C9H18N6/c10-5-7-3-1-2-4-8(7)11-6-9-12-14-15-13-9/h7-8,11H,1-6,10H2,(H,12,13,14,15). The van der Waals surface area contributed by atoms with Crippen LogP contribution in [0.15, 0.2) is 0 Å². The van der Waals surface area contributed by atoms with Gasteiger partial charge in [-0.1, -0.05) is 18.1 Å². The van der Waals surface area contributed by atoms with Gasteiger partial charge in [0.2, 0.25) is 0 Å². The second-order valence-corrected chi connectivity index (χ2v) is 4.10. The number of aromatic amines is 1. The number of hydrogen-bond acceptors (Lipinski definition) is 5. The quantitative estimate of drug-likeness (QED) is 0.640. The molecule has 0 aromatic carbocycles. The van der Waals surface area contributed by atoms with Crippen LogP contribution in [-0.2, 0) is 6.54 Å². The molecule has 0 bridgehead atoms. The minimum atomic E-state index is 0.516. The van der Waals surface area contributed by atoms with E-state index < -0.39 is 0 Å². The zero-order chi connectivity index (χ0) is 10.5. The van der Waals surface area contributed by atoms with Crippen molar-refractivity contribution in [1.29, 1.82) is 0 Å². The molecule has 0 aliphatic heterocycles. The lowest BCUT2D eigenvalue weighted by atomic mass is 9.84. The first kappa shape index (κ1) is 10.5. The van der Waals surface area contributed by atoms with Crippen LogP contribution in [0.2, 0.25) is 0 Å². The third-order valence-electron chi connectivity index (χ3n) is 3.12. The summed E-state index contributed by atoms with van der Waals surface area (Å²) in [6.45, 7) is 1.45. The molecule has 6 nitrogen and oxygen atoms in total. The lowest BCUT2D eigenvalue weighted by Crippen LogP contribution is -2.41. The third-order valence-corrected chi connectivity index (χ3v) is 3.12. The van der Waals surface area contributed by atoms with E-state index in [0.717, 1.165) is 12.4 Å². The van der Waals surface area contributed by atoms with Crippen molar-refractivity contribution < 1.29 is 0 Å². The number of nitrogens with two attached hydrogens (primary N) is 1. The van der Waals surface area contributed by atoms with Gasteiger partial charge >= 0.3 is 0 Å². The van der Waals surface area contributed by atoms with Crippen LogP contribution in [0, 0.1) is 5.92 Å². The van der Waals surface area contributed by atoms with Crippen molar-refractivity contribution in [2.75, 3.05) is 6.54 Å². The maximum absolute atomic E-state index is 5.75. The van der Waals surface area contributed by atoms with Crippen molar-refractivity contribution in [3.8, 4) is 0 Å². The second-order valence-electron chi connectivity index (χ2n) is 4.10. The van der Waals surface area contributed by atoms with Crippen molar-refractivity contribution in [1.82, 2.24) is 25.9 Å². The largest absolute Gasteiger partial charge is 0.330 e. The topological polar surface area (TPSA) is 92.5 Å². The molecular formula is C9H18N6. The summed E-state index contributed by atoms with van der Waals surface area (Å²) in [5.74, 6) is 1.32. The number of rotatable bonds is 4.